The first-order valence-corrected chi connectivity index (χ1v) is 13.8. The summed E-state index contributed by atoms with van der Waals surface area (Å²) >= 11 is 8.27. The maximum Gasteiger partial charge on any atom is 0.259 e. The van der Waals surface area contributed by atoms with Crippen molar-refractivity contribution in [2.45, 2.75) is 25.7 Å². The summed E-state index contributed by atoms with van der Waals surface area (Å²) in [7, 11) is 1.72. The fraction of sp³-hybridized carbons (Fsp3) is 0.241. The second kappa shape index (κ2) is 10.3. The largest absolute Gasteiger partial charge is 0.324 e. The number of aryl methyl sites for hydroxylation is 2. The zero-order valence-electron chi connectivity index (χ0n) is 21.2. The normalized spacial score (nSPS) is 14.2. The third-order valence-electron chi connectivity index (χ3n) is 7.09. The summed E-state index contributed by atoms with van der Waals surface area (Å²) in [5.74, 6) is 1.05. The van der Waals surface area contributed by atoms with E-state index >= 15 is 0 Å². The fourth-order valence-corrected chi connectivity index (χ4v) is 6.06. The summed E-state index contributed by atoms with van der Waals surface area (Å²) in [6.45, 7) is 4.11. The molecule has 0 bridgehead atoms. The van der Waals surface area contributed by atoms with E-state index in [-0.39, 0.29) is 5.56 Å². The topological polar surface area (TPSA) is 84.7 Å². The number of hydrogen-bond donors (Lipinski definition) is 2. The molecular formula is C29H27ClN6OS. The van der Waals surface area contributed by atoms with E-state index in [1.807, 2.05) is 37.4 Å². The van der Waals surface area contributed by atoms with Crippen LogP contribution in [-0.2, 0) is 7.05 Å². The second-order valence-electron chi connectivity index (χ2n) is 9.60. The Balaban J connectivity index is 1.28. The van der Waals surface area contributed by atoms with E-state index in [2.05, 4.69) is 49.9 Å². The lowest BCUT2D eigenvalue weighted by atomic mass is 9.90. The van der Waals surface area contributed by atoms with Gasteiger partial charge in [0.15, 0.2) is 0 Å². The highest BCUT2D eigenvalue weighted by atomic mass is 35.5. The molecule has 7 nitrogen and oxygen atoms in total. The van der Waals surface area contributed by atoms with Crippen molar-refractivity contribution in [2.75, 3.05) is 18.4 Å². The number of thiazole rings is 1. The first kappa shape index (κ1) is 24.7. The Bertz CT molecular complexity index is 1690. The average molecular weight is 543 g/mol. The molecule has 0 radical (unpaired) electrons. The van der Waals surface area contributed by atoms with Crippen molar-refractivity contribution < 1.29 is 0 Å². The lowest BCUT2D eigenvalue weighted by Crippen LogP contribution is -2.26. The van der Waals surface area contributed by atoms with Gasteiger partial charge < -0.3 is 10.6 Å². The van der Waals surface area contributed by atoms with Crippen LogP contribution < -0.4 is 16.2 Å². The molecule has 4 heterocycles. The van der Waals surface area contributed by atoms with Crippen molar-refractivity contribution in [3.63, 3.8) is 0 Å². The van der Waals surface area contributed by atoms with Crippen LogP contribution in [0.4, 0.5) is 11.6 Å². The highest BCUT2D eigenvalue weighted by molar-refractivity contribution is 7.15. The molecule has 0 aliphatic carbocycles. The maximum absolute atomic E-state index is 13.4. The molecule has 6 rings (SSSR count). The number of benzene rings is 2. The van der Waals surface area contributed by atoms with Gasteiger partial charge in [0.1, 0.15) is 5.65 Å². The van der Waals surface area contributed by atoms with Gasteiger partial charge in [0.2, 0.25) is 5.95 Å². The van der Waals surface area contributed by atoms with Crippen LogP contribution in [0, 0.1) is 6.92 Å². The number of rotatable bonds is 5. The van der Waals surface area contributed by atoms with Crippen LogP contribution in [0.5, 0.6) is 0 Å². The summed E-state index contributed by atoms with van der Waals surface area (Å²) in [6.07, 6.45) is 5.90. The monoisotopic (exact) mass is 542 g/mol. The first-order valence-electron chi connectivity index (χ1n) is 12.6. The van der Waals surface area contributed by atoms with E-state index < -0.39 is 0 Å². The molecule has 2 aromatic carbocycles. The Morgan fingerprint density at radius 1 is 1.03 bits per heavy atom. The van der Waals surface area contributed by atoms with E-state index in [9.17, 15) is 4.79 Å². The Labute approximate surface area is 229 Å². The molecule has 1 aliphatic rings. The van der Waals surface area contributed by atoms with Gasteiger partial charge in [-0.3, -0.25) is 9.36 Å². The summed E-state index contributed by atoms with van der Waals surface area (Å²) in [4.78, 5) is 27.9. The molecule has 38 heavy (non-hydrogen) atoms. The minimum Gasteiger partial charge on any atom is -0.324 e. The van der Waals surface area contributed by atoms with Gasteiger partial charge in [-0.1, -0.05) is 35.9 Å². The predicted molar refractivity (Wildman–Crippen MR) is 156 cm³/mol. The lowest BCUT2D eigenvalue weighted by Gasteiger charge is -2.23. The SMILES string of the molecule is Cc1ncc(-c2ccc(-c3cc4cnc(Nc5ccc(C6CCNCC6)cc5)nc4n(C)c3=O)c(Cl)c2)s1. The summed E-state index contributed by atoms with van der Waals surface area (Å²) in [6, 6.07) is 16.0. The molecule has 1 saturated heterocycles. The average Bonchev–Trinajstić information content (AvgIpc) is 3.38. The van der Waals surface area contributed by atoms with Crippen LogP contribution in [0.2, 0.25) is 5.02 Å². The fourth-order valence-electron chi connectivity index (χ4n) is 5.00. The first-order chi connectivity index (χ1) is 18.5. The molecule has 2 N–H and O–H groups in total. The van der Waals surface area contributed by atoms with Crippen LogP contribution in [-0.4, -0.2) is 32.6 Å². The smallest absolute Gasteiger partial charge is 0.259 e. The lowest BCUT2D eigenvalue weighted by molar-refractivity contribution is 0.460. The minimum absolute atomic E-state index is 0.170. The van der Waals surface area contributed by atoms with Crippen LogP contribution in [0.25, 0.3) is 32.6 Å². The van der Waals surface area contributed by atoms with Crippen LogP contribution >= 0.6 is 22.9 Å². The van der Waals surface area contributed by atoms with Gasteiger partial charge in [0.05, 0.1) is 9.88 Å². The summed E-state index contributed by atoms with van der Waals surface area (Å²) in [5.41, 5.74) is 4.81. The number of aromatic nitrogens is 4. The molecule has 9 heteroatoms. The third kappa shape index (κ3) is 4.82. The zero-order valence-corrected chi connectivity index (χ0v) is 22.7. The maximum atomic E-state index is 13.4. The van der Waals surface area contributed by atoms with Gasteiger partial charge in [0.25, 0.3) is 5.56 Å². The van der Waals surface area contributed by atoms with E-state index in [1.165, 1.54) is 5.56 Å². The van der Waals surface area contributed by atoms with E-state index in [0.717, 1.165) is 52.5 Å². The van der Waals surface area contributed by atoms with Gasteiger partial charge in [-0.2, -0.15) is 4.98 Å². The molecule has 192 valence electrons. The highest BCUT2D eigenvalue weighted by Crippen LogP contribution is 2.34. The molecular weight excluding hydrogens is 516 g/mol. The number of nitrogens with zero attached hydrogens (tertiary/aromatic N) is 4. The van der Waals surface area contributed by atoms with Crippen LogP contribution in [0.1, 0.15) is 29.3 Å². The Hall–Kier alpha value is -3.59. The van der Waals surface area contributed by atoms with E-state index in [0.29, 0.717) is 33.7 Å². The molecule has 0 atom stereocenters. The molecule has 0 saturated carbocycles. The molecule has 3 aromatic heterocycles. The van der Waals surface area contributed by atoms with Crippen molar-refractivity contribution in [1.29, 1.82) is 0 Å². The van der Waals surface area contributed by atoms with E-state index in [1.54, 1.807) is 29.1 Å². The Morgan fingerprint density at radius 2 is 1.82 bits per heavy atom. The van der Waals surface area contributed by atoms with Crippen LogP contribution in [0.15, 0.2) is 65.7 Å². The predicted octanol–water partition coefficient (Wildman–Crippen LogP) is 6.29. The number of anilines is 2. The van der Waals surface area contributed by atoms with Gasteiger partial charge >= 0.3 is 0 Å². The second-order valence-corrected chi connectivity index (χ2v) is 11.2. The van der Waals surface area contributed by atoms with Crippen LogP contribution in [0.3, 0.4) is 0 Å². The van der Waals surface area contributed by atoms with Crippen molar-refractivity contribution in [1.82, 2.24) is 24.8 Å². The highest BCUT2D eigenvalue weighted by Gasteiger charge is 2.16. The number of piperidine rings is 1. The summed E-state index contributed by atoms with van der Waals surface area (Å²) in [5, 5.41) is 8.95. The minimum atomic E-state index is -0.170. The molecule has 1 fully saturated rings. The number of pyridine rings is 1. The van der Waals surface area contributed by atoms with Crippen molar-refractivity contribution in [2.24, 2.45) is 7.05 Å². The zero-order chi connectivity index (χ0) is 26.2. The molecule has 5 aromatic rings. The number of fused-ring (bicyclic) bond motifs is 1. The van der Waals surface area contributed by atoms with Gasteiger partial charge in [-0.25, -0.2) is 9.97 Å². The molecule has 0 spiro atoms. The van der Waals surface area contributed by atoms with Gasteiger partial charge in [0, 0.05) is 46.7 Å². The number of nitrogens with one attached hydrogen (secondary N) is 2. The molecule has 0 amide bonds. The molecule has 0 unspecified atom stereocenters. The number of halogens is 1. The van der Waals surface area contributed by atoms with Crippen molar-refractivity contribution >= 4 is 45.6 Å². The van der Waals surface area contributed by atoms with Gasteiger partial charge in [-0.05, 0) is 74.2 Å². The van der Waals surface area contributed by atoms with Gasteiger partial charge in [-0.15, -0.1) is 11.3 Å². The summed E-state index contributed by atoms with van der Waals surface area (Å²) < 4.78 is 1.55. The number of hydrogen-bond acceptors (Lipinski definition) is 7. The Morgan fingerprint density at radius 3 is 2.53 bits per heavy atom. The quantitative estimate of drug-likeness (QED) is 0.271. The van der Waals surface area contributed by atoms with E-state index in [4.69, 9.17) is 11.6 Å². The Kier molecular flexibility index (Phi) is 6.69. The van der Waals surface area contributed by atoms with Crippen molar-refractivity contribution in [3.05, 3.63) is 86.9 Å². The van der Waals surface area contributed by atoms with Crippen molar-refractivity contribution in [3.8, 4) is 21.6 Å². The molecule has 1 aliphatic heterocycles. The third-order valence-corrected chi connectivity index (χ3v) is 8.37. The standard InChI is InChI=1S/C29H27ClN6OS/c1-17-32-16-26(38-17)20-5-8-23(25(30)14-20)24-13-21-15-33-29(35-27(21)36(2)28(24)37)34-22-6-3-18(4-7-22)19-9-11-31-12-10-19/h3-8,13-16,19,31H,9-12H2,1-2H3,(H,33,34,35).